The Kier molecular flexibility index (Phi) is 6.17. The topological polar surface area (TPSA) is 62.6 Å². The van der Waals surface area contributed by atoms with E-state index >= 15 is 0 Å². The molecule has 1 N–H and O–H groups in total. The van der Waals surface area contributed by atoms with E-state index in [1.54, 1.807) is 19.1 Å². The van der Waals surface area contributed by atoms with Crippen LogP contribution in [0.15, 0.2) is 28.7 Å². The maximum Gasteiger partial charge on any atom is 0.257 e. The first kappa shape index (κ1) is 20.1. The number of nitrogens with one attached hydrogen (secondary N) is 1. The van der Waals surface area contributed by atoms with Gasteiger partial charge in [0.15, 0.2) is 0 Å². The third kappa shape index (κ3) is 4.80. The molecule has 0 spiro atoms. The number of nitrogens with zero attached hydrogens (tertiary/aromatic N) is 1. The number of furan rings is 1. The third-order valence-corrected chi connectivity index (χ3v) is 5.32. The SMILES string of the molecule is Cc1cc(C(=O)N2CCC[C@H](CCC(=O)Nc3ccc(F)cc3C)C2)c(C)o1. The van der Waals surface area contributed by atoms with Gasteiger partial charge < -0.3 is 14.6 Å². The van der Waals surface area contributed by atoms with E-state index in [4.69, 9.17) is 4.42 Å². The molecule has 1 atom stereocenters. The van der Waals surface area contributed by atoms with Crippen LogP contribution in [0.2, 0.25) is 0 Å². The normalized spacial score (nSPS) is 16.9. The average Bonchev–Trinajstić information content (AvgIpc) is 3.00. The molecule has 2 amide bonds. The van der Waals surface area contributed by atoms with Crippen molar-refractivity contribution in [1.29, 1.82) is 0 Å². The van der Waals surface area contributed by atoms with Crippen LogP contribution in [0.5, 0.6) is 0 Å². The predicted molar refractivity (Wildman–Crippen MR) is 106 cm³/mol. The Morgan fingerprint density at radius 2 is 2.04 bits per heavy atom. The molecule has 28 heavy (non-hydrogen) atoms. The van der Waals surface area contributed by atoms with Crippen molar-refractivity contribution in [3.05, 3.63) is 52.7 Å². The second-order valence-electron chi connectivity index (χ2n) is 7.63. The molecule has 1 aliphatic rings. The molecule has 150 valence electrons. The van der Waals surface area contributed by atoms with Crippen LogP contribution < -0.4 is 5.32 Å². The van der Waals surface area contributed by atoms with E-state index in [1.807, 2.05) is 18.7 Å². The number of likely N-dealkylation sites (tertiary alicyclic amines) is 1. The van der Waals surface area contributed by atoms with Crippen LogP contribution in [0.3, 0.4) is 0 Å². The van der Waals surface area contributed by atoms with Crippen molar-refractivity contribution in [1.82, 2.24) is 4.90 Å². The lowest BCUT2D eigenvalue weighted by Crippen LogP contribution is -2.40. The lowest BCUT2D eigenvalue weighted by Gasteiger charge is -2.32. The van der Waals surface area contributed by atoms with Gasteiger partial charge in [-0.3, -0.25) is 9.59 Å². The Balaban J connectivity index is 1.52. The van der Waals surface area contributed by atoms with E-state index in [0.29, 0.717) is 41.5 Å². The molecule has 1 saturated heterocycles. The summed E-state index contributed by atoms with van der Waals surface area (Å²) in [5.74, 6) is 1.29. The number of benzene rings is 1. The zero-order valence-corrected chi connectivity index (χ0v) is 16.7. The summed E-state index contributed by atoms with van der Waals surface area (Å²) in [6.45, 7) is 6.81. The molecule has 1 fully saturated rings. The van der Waals surface area contributed by atoms with Crippen LogP contribution in [0.1, 0.15) is 53.1 Å². The van der Waals surface area contributed by atoms with Crippen LogP contribution in [-0.4, -0.2) is 29.8 Å². The molecule has 5 nitrogen and oxygen atoms in total. The first-order valence-corrected chi connectivity index (χ1v) is 9.76. The molecule has 0 unspecified atom stereocenters. The van der Waals surface area contributed by atoms with Gasteiger partial charge in [0.2, 0.25) is 5.91 Å². The second kappa shape index (κ2) is 8.59. The molecular weight excluding hydrogens is 359 g/mol. The van der Waals surface area contributed by atoms with Gasteiger partial charge in [0.05, 0.1) is 5.56 Å². The highest BCUT2D eigenvalue weighted by molar-refractivity contribution is 5.95. The van der Waals surface area contributed by atoms with Gasteiger partial charge in [-0.25, -0.2) is 4.39 Å². The highest BCUT2D eigenvalue weighted by atomic mass is 19.1. The minimum Gasteiger partial charge on any atom is -0.466 e. The number of amides is 2. The maximum atomic E-state index is 13.2. The Bertz CT molecular complexity index is 875. The summed E-state index contributed by atoms with van der Waals surface area (Å²) in [5.41, 5.74) is 1.97. The van der Waals surface area contributed by atoms with E-state index < -0.39 is 0 Å². The van der Waals surface area contributed by atoms with Crippen molar-refractivity contribution in [3.63, 3.8) is 0 Å². The van der Waals surface area contributed by atoms with Crippen LogP contribution in [0, 0.1) is 32.5 Å². The molecule has 1 aliphatic heterocycles. The summed E-state index contributed by atoms with van der Waals surface area (Å²) in [7, 11) is 0. The molecule has 6 heteroatoms. The van der Waals surface area contributed by atoms with Crippen molar-refractivity contribution >= 4 is 17.5 Å². The molecule has 0 bridgehead atoms. The van der Waals surface area contributed by atoms with Gasteiger partial charge in [-0.2, -0.15) is 0 Å². The summed E-state index contributed by atoms with van der Waals surface area (Å²) in [4.78, 5) is 26.9. The number of hydrogen-bond acceptors (Lipinski definition) is 3. The maximum absolute atomic E-state index is 13.2. The molecule has 0 aliphatic carbocycles. The van der Waals surface area contributed by atoms with Crippen molar-refractivity contribution in [2.75, 3.05) is 18.4 Å². The minimum absolute atomic E-state index is 0.00504. The van der Waals surface area contributed by atoms with E-state index in [-0.39, 0.29) is 17.6 Å². The van der Waals surface area contributed by atoms with E-state index in [1.165, 1.54) is 12.1 Å². The summed E-state index contributed by atoms with van der Waals surface area (Å²) >= 11 is 0. The van der Waals surface area contributed by atoms with Crippen LogP contribution >= 0.6 is 0 Å². The van der Waals surface area contributed by atoms with E-state index in [2.05, 4.69) is 5.32 Å². The largest absolute Gasteiger partial charge is 0.466 e. The van der Waals surface area contributed by atoms with Crippen molar-refractivity contribution in [2.45, 2.75) is 46.5 Å². The predicted octanol–water partition coefficient (Wildman–Crippen LogP) is 4.62. The van der Waals surface area contributed by atoms with Crippen molar-refractivity contribution < 1.29 is 18.4 Å². The van der Waals surface area contributed by atoms with Crippen molar-refractivity contribution in [3.8, 4) is 0 Å². The molecule has 1 aromatic carbocycles. The molecule has 0 radical (unpaired) electrons. The van der Waals surface area contributed by atoms with Crippen molar-refractivity contribution in [2.24, 2.45) is 5.92 Å². The highest BCUT2D eigenvalue weighted by Gasteiger charge is 2.27. The first-order chi connectivity index (χ1) is 13.3. The standard InChI is InChI=1S/C22H27FN2O3/c1-14-11-18(23)7-8-20(14)24-21(26)9-6-17-5-4-10-25(13-17)22(27)19-12-15(2)28-16(19)3/h7-8,11-12,17H,4-6,9-10,13H2,1-3H3,(H,24,26)/t17-/m1/s1. The fourth-order valence-electron chi connectivity index (χ4n) is 3.81. The lowest BCUT2D eigenvalue weighted by molar-refractivity contribution is -0.116. The van der Waals surface area contributed by atoms with E-state index in [9.17, 15) is 14.0 Å². The van der Waals surface area contributed by atoms with E-state index in [0.717, 1.165) is 31.6 Å². The number of carbonyl (C=O) groups is 2. The Morgan fingerprint density at radius 3 is 2.71 bits per heavy atom. The summed E-state index contributed by atoms with van der Waals surface area (Å²) in [5, 5.41) is 2.85. The minimum atomic E-state index is -0.314. The number of rotatable bonds is 5. The number of carbonyl (C=O) groups excluding carboxylic acids is 2. The lowest BCUT2D eigenvalue weighted by atomic mass is 9.92. The van der Waals surface area contributed by atoms with Crippen LogP contribution in [-0.2, 0) is 4.79 Å². The number of aryl methyl sites for hydroxylation is 3. The van der Waals surface area contributed by atoms with Gasteiger partial charge >= 0.3 is 0 Å². The Morgan fingerprint density at radius 1 is 1.25 bits per heavy atom. The number of halogens is 1. The summed E-state index contributed by atoms with van der Waals surface area (Å²) in [6.07, 6.45) is 3.05. The molecule has 0 saturated carbocycles. The van der Waals surface area contributed by atoms with Gasteiger partial charge in [0, 0.05) is 25.2 Å². The molecule has 2 heterocycles. The average molecular weight is 386 g/mol. The van der Waals surface area contributed by atoms with Crippen LogP contribution in [0.4, 0.5) is 10.1 Å². The zero-order valence-electron chi connectivity index (χ0n) is 16.7. The highest BCUT2D eigenvalue weighted by Crippen LogP contribution is 2.25. The number of hydrogen-bond donors (Lipinski definition) is 1. The smallest absolute Gasteiger partial charge is 0.257 e. The van der Waals surface area contributed by atoms with Crippen LogP contribution in [0.25, 0.3) is 0 Å². The monoisotopic (exact) mass is 386 g/mol. The molecule has 1 aromatic heterocycles. The first-order valence-electron chi connectivity index (χ1n) is 9.76. The van der Waals surface area contributed by atoms with Gasteiger partial charge in [-0.05, 0) is 75.8 Å². The third-order valence-electron chi connectivity index (χ3n) is 5.32. The van der Waals surface area contributed by atoms with Gasteiger partial charge in [-0.15, -0.1) is 0 Å². The molecule has 3 rings (SSSR count). The quantitative estimate of drug-likeness (QED) is 0.816. The summed E-state index contributed by atoms with van der Waals surface area (Å²) < 4.78 is 18.7. The molecular formula is C22H27FN2O3. The van der Waals surface area contributed by atoms with Gasteiger partial charge in [-0.1, -0.05) is 0 Å². The molecule has 2 aromatic rings. The second-order valence-corrected chi connectivity index (χ2v) is 7.63. The fraction of sp³-hybridized carbons (Fsp3) is 0.455. The van der Waals surface area contributed by atoms with Gasteiger partial charge in [0.1, 0.15) is 17.3 Å². The van der Waals surface area contributed by atoms with Gasteiger partial charge in [0.25, 0.3) is 5.91 Å². The number of anilines is 1. The summed E-state index contributed by atoms with van der Waals surface area (Å²) in [6, 6.07) is 6.12. The number of piperidine rings is 1. The Labute approximate surface area is 164 Å². The Hall–Kier alpha value is -2.63. The zero-order chi connectivity index (χ0) is 20.3. The fourth-order valence-corrected chi connectivity index (χ4v) is 3.81.